The Hall–Kier alpha value is -2.28. The molecule has 0 aliphatic carbocycles. The summed E-state index contributed by atoms with van der Waals surface area (Å²) in [5.41, 5.74) is 2.78. The molecule has 1 N–H and O–H groups in total. The standard InChI is InChI=1S/C21H25FN2O3/c1-24(12-19(25)15-26-14-16-5-3-2-4-6-16)13-20-11-21(23-27-20)17-7-9-18(22)10-8-17/h2-10,19-20,25H,11-15H2,1H3. The van der Waals surface area contributed by atoms with Crippen molar-refractivity contribution in [1.29, 1.82) is 0 Å². The van der Waals surface area contributed by atoms with Crippen molar-refractivity contribution >= 4 is 5.71 Å². The summed E-state index contributed by atoms with van der Waals surface area (Å²) in [7, 11) is 1.93. The SMILES string of the molecule is CN(CC(O)COCc1ccccc1)CC1CC(c2ccc(F)cc2)=NO1. The van der Waals surface area contributed by atoms with E-state index in [0.717, 1.165) is 16.8 Å². The molecule has 2 aromatic carbocycles. The molecule has 0 aromatic heterocycles. The van der Waals surface area contributed by atoms with E-state index in [0.29, 0.717) is 26.1 Å². The van der Waals surface area contributed by atoms with Crippen LogP contribution in [0.2, 0.25) is 0 Å². The van der Waals surface area contributed by atoms with Crippen LogP contribution in [-0.4, -0.2) is 54.7 Å². The van der Waals surface area contributed by atoms with Crippen molar-refractivity contribution in [3.63, 3.8) is 0 Å². The number of likely N-dealkylation sites (N-methyl/N-ethyl adjacent to an activating group) is 1. The van der Waals surface area contributed by atoms with Gasteiger partial charge in [0.05, 0.1) is 25.0 Å². The molecule has 0 amide bonds. The second kappa shape index (κ2) is 9.60. The smallest absolute Gasteiger partial charge is 0.145 e. The maximum Gasteiger partial charge on any atom is 0.145 e. The summed E-state index contributed by atoms with van der Waals surface area (Å²) < 4.78 is 18.6. The van der Waals surface area contributed by atoms with E-state index in [9.17, 15) is 9.50 Å². The van der Waals surface area contributed by atoms with Gasteiger partial charge in [-0.05, 0) is 30.3 Å². The summed E-state index contributed by atoms with van der Waals surface area (Å²) in [6.45, 7) is 1.90. The third-order valence-corrected chi connectivity index (χ3v) is 4.37. The van der Waals surface area contributed by atoms with Crippen LogP contribution in [0.1, 0.15) is 17.5 Å². The summed E-state index contributed by atoms with van der Waals surface area (Å²) in [4.78, 5) is 7.49. The van der Waals surface area contributed by atoms with Gasteiger partial charge in [0, 0.05) is 19.5 Å². The van der Waals surface area contributed by atoms with Crippen LogP contribution in [0.3, 0.4) is 0 Å². The fraction of sp³-hybridized carbons (Fsp3) is 0.381. The van der Waals surface area contributed by atoms with Crippen molar-refractivity contribution in [3.05, 3.63) is 71.5 Å². The molecule has 2 aromatic rings. The molecule has 0 saturated heterocycles. The van der Waals surface area contributed by atoms with Crippen molar-refractivity contribution < 1.29 is 19.1 Å². The summed E-state index contributed by atoms with van der Waals surface area (Å²) in [5.74, 6) is -0.266. The molecule has 0 fully saturated rings. The van der Waals surface area contributed by atoms with Gasteiger partial charge in [-0.2, -0.15) is 0 Å². The monoisotopic (exact) mass is 372 g/mol. The maximum absolute atomic E-state index is 13.0. The van der Waals surface area contributed by atoms with E-state index in [-0.39, 0.29) is 18.5 Å². The van der Waals surface area contributed by atoms with E-state index < -0.39 is 6.10 Å². The molecular formula is C21H25FN2O3. The van der Waals surface area contributed by atoms with Crippen LogP contribution >= 0.6 is 0 Å². The van der Waals surface area contributed by atoms with Crippen LogP contribution in [0.15, 0.2) is 59.8 Å². The van der Waals surface area contributed by atoms with Gasteiger partial charge in [0.2, 0.25) is 0 Å². The van der Waals surface area contributed by atoms with E-state index in [1.54, 1.807) is 12.1 Å². The highest BCUT2D eigenvalue weighted by Gasteiger charge is 2.24. The second-order valence-corrected chi connectivity index (χ2v) is 6.85. The Kier molecular flexibility index (Phi) is 6.92. The van der Waals surface area contributed by atoms with Gasteiger partial charge in [0.1, 0.15) is 11.9 Å². The molecule has 0 radical (unpaired) electrons. The molecule has 144 valence electrons. The number of rotatable bonds is 9. The third-order valence-electron chi connectivity index (χ3n) is 4.37. The Bertz CT molecular complexity index is 737. The first kappa shape index (κ1) is 19.5. The molecule has 0 spiro atoms. The molecule has 0 bridgehead atoms. The fourth-order valence-electron chi connectivity index (χ4n) is 3.06. The number of hydrogen-bond donors (Lipinski definition) is 1. The van der Waals surface area contributed by atoms with Gasteiger partial charge in [-0.3, -0.25) is 4.90 Å². The van der Waals surface area contributed by atoms with Gasteiger partial charge in [-0.25, -0.2) is 4.39 Å². The lowest BCUT2D eigenvalue weighted by Gasteiger charge is -2.22. The number of nitrogens with zero attached hydrogens (tertiary/aromatic N) is 2. The summed E-state index contributed by atoms with van der Waals surface area (Å²) in [6, 6.07) is 16.1. The number of ether oxygens (including phenoxy) is 1. The van der Waals surface area contributed by atoms with Crippen LogP contribution in [0.5, 0.6) is 0 Å². The lowest BCUT2D eigenvalue weighted by atomic mass is 10.0. The van der Waals surface area contributed by atoms with Crippen molar-refractivity contribution in [2.45, 2.75) is 25.2 Å². The Morgan fingerprint density at radius 2 is 1.96 bits per heavy atom. The average molecular weight is 372 g/mol. The second-order valence-electron chi connectivity index (χ2n) is 6.85. The van der Waals surface area contributed by atoms with Gasteiger partial charge in [0.15, 0.2) is 0 Å². The molecule has 2 atom stereocenters. The minimum Gasteiger partial charge on any atom is -0.390 e. The van der Waals surface area contributed by atoms with Crippen molar-refractivity contribution in [2.75, 3.05) is 26.7 Å². The van der Waals surface area contributed by atoms with Crippen LogP contribution < -0.4 is 0 Å². The predicted molar refractivity (Wildman–Crippen MR) is 102 cm³/mol. The highest BCUT2D eigenvalue weighted by molar-refractivity contribution is 6.01. The molecule has 1 aliphatic rings. The van der Waals surface area contributed by atoms with Crippen LogP contribution in [0.4, 0.5) is 4.39 Å². The zero-order valence-electron chi connectivity index (χ0n) is 15.4. The zero-order chi connectivity index (χ0) is 19.1. The molecule has 3 rings (SSSR count). The average Bonchev–Trinajstić information content (AvgIpc) is 3.11. The number of oxime groups is 1. The number of halogens is 1. The van der Waals surface area contributed by atoms with Gasteiger partial charge in [-0.1, -0.05) is 47.6 Å². The summed E-state index contributed by atoms with van der Waals surface area (Å²) >= 11 is 0. The molecule has 2 unspecified atom stereocenters. The largest absolute Gasteiger partial charge is 0.390 e. The maximum atomic E-state index is 13.0. The van der Waals surface area contributed by atoms with E-state index in [1.165, 1.54) is 12.1 Å². The minimum atomic E-state index is -0.572. The Morgan fingerprint density at radius 3 is 2.70 bits per heavy atom. The first-order valence-corrected chi connectivity index (χ1v) is 9.07. The molecule has 1 aliphatic heterocycles. The lowest BCUT2D eigenvalue weighted by molar-refractivity contribution is 0.00150. The molecule has 6 heteroatoms. The first-order valence-electron chi connectivity index (χ1n) is 9.07. The number of aliphatic hydroxyl groups is 1. The molecular weight excluding hydrogens is 347 g/mol. The van der Waals surface area contributed by atoms with E-state index >= 15 is 0 Å². The molecule has 5 nitrogen and oxygen atoms in total. The summed E-state index contributed by atoms with van der Waals surface area (Å²) in [5, 5.41) is 14.3. The minimum absolute atomic E-state index is 0.0764. The van der Waals surface area contributed by atoms with Crippen LogP contribution in [0, 0.1) is 5.82 Å². The van der Waals surface area contributed by atoms with Crippen molar-refractivity contribution in [3.8, 4) is 0 Å². The van der Waals surface area contributed by atoms with Gasteiger partial charge >= 0.3 is 0 Å². The van der Waals surface area contributed by atoms with E-state index in [2.05, 4.69) is 5.16 Å². The zero-order valence-corrected chi connectivity index (χ0v) is 15.4. The van der Waals surface area contributed by atoms with Crippen molar-refractivity contribution in [2.24, 2.45) is 5.16 Å². The Labute approximate surface area is 159 Å². The fourth-order valence-corrected chi connectivity index (χ4v) is 3.06. The third kappa shape index (κ3) is 6.13. The number of benzene rings is 2. The van der Waals surface area contributed by atoms with Crippen LogP contribution in [-0.2, 0) is 16.2 Å². The predicted octanol–water partition coefficient (Wildman–Crippen LogP) is 2.83. The van der Waals surface area contributed by atoms with Gasteiger partial charge < -0.3 is 14.7 Å². The van der Waals surface area contributed by atoms with Crippen LogP contribution in [0.25, 0.3) is 0 Å². The number of aliphatic hydroxyl groups excluding tert-OH is 1. The first-order chi connectivity index (χ1) is 13.1. The Balaban J connectivity index is 1.35. The van der Waals surface area contributed by atoms with E-state index in [1.807, 2.05) is 42.3 Å². The van der Waals surface area contributed by atoms with Crippen molar-refractivity contribution in [1.82, 2.24) is 4.90 Å². The number of hydrogen-bond acceptors (Lipinski definition) is 5. The Morgan fingerprint density at radius 1 is 1.22 bits per heavy atom. The van der Waals surface area contributed by atoms with E-state index in [4.69, 9.17) is 9.57 Å². The molecule has 1 heterocycles. The normalized spacial score (nSPS) is 17.6. The topological polar surface area (TPSA) is 54.3 Å². The lowest BCUT2D eigenvalue weighted by Crippen LogP contribution is -2.37. The molecule has 0 saturated carbocycles. The van der Waals surface area contributed by atoms with Gasteiger partial charge in [0.25, 0.3) is 0 Å². The molecule has 27 heavy (non-hydrogen) atoms. The van der Waals surface area contributed by atoms with Gasteiger partial charge in [-0.15, -0.1) is 0 Å². The highest BCUT2D eigenvalue weighted by atomic mass is 19.1. The summed E-state index contributed by atoms with van der Waals surface area (Å²) in [6.07, 6.45) is 0.0152. The quantitative estimate of drug-likeness (QED) is 0.735. The highest BCUT2D eigenvalue weighted by Crippen LogP contribution is 2.18.